The molecule has 0 spiro atoms. The number of nitrogens with two attached hydrogens (primary N) is 1. The number of aliphatic imine (C=N–C) groups is 1. The first-order chi connectivity index (χ1) is 17.8. The Bertz CT molecular complexity index is 1430. The predicted octanol–water partition coefficient (Wildman–Crippen LogP) is 3.70. The first-order valence-corrected chi connectivity index (χ1v) is 12.2. The molecule has 1 atom stereocenters. The highest BCUT2D eigenvalue weighted by Gasteiger charge is 2.50. The summed E-state index contributed by atoms with van der Waals surface area (Å²) in [7, 11) is 4.84. The normalized spacial score (nSPS) is 18.9. The summed E-state index contributed by atoms with van der Waals surface area (Å²) in [5.41, 5.74) is 9.70. The summed E-state index contributed by atoms with van der Waals surface area (Å²) in [6, 6.07) is 19.1. The number of guanidine groups is 1. The Kier molecular flexibility index (Phi) is 6.11. The highest BCUT2D eigenvalue weighted by atomic mass is 16.5. The van der Waals surface area contributed by atoms with Gasteiger partial charge in [-0.05, 0) is 65.4 Å². The molecule has 2 aliphatic heterocycles. The molecule has 8 nitrogen and oxygen atoms in total. The summed E-state index contributed by atoms with van der Waals surface area (Å²) in [5, 5.41) is 0. The molecule has 0 saturated carbocycles. The Hall–Kier alpha value is -4.33. The lowest BCUT2D eigenvalue weighted by atomic mass is 9.80. The largest absolute Gasteiger partial charge is 0.497 e. The predicted molar refractivity (Wildman–Crippen MR) is 143 cm³/mol. The van der Waals surface area contributed by atoms with Crippen LogP contribution in [0.4, 0.5) is 5.69 Å². The summed E-state index contributed by atoms with van der Waals surface area (Å²) < 4.78 is 11.3. The first kappa shape index (κ1) is 24.4. The number of nitrogens with zero attached hydrogens (tertiary/aromatic N) is 3. The van der Waals surface area contributed by atoms with Gasteiger partial charge in [-0.3, -0.25) is 14.5 Å². The first-order valence-electron chi connectivity index (χ1n) is 12.2. The van der Waals surface area contributed by atoms with Gasteiger partial charge < -0.3 is 20.1 Å². The van der Waals surface area contributed by atoms with Crippen molar-refractivity contribution >= 4 is 23.5 Å². The molecular weight excluding hydrogens is 468 g/mol. The van der Waals surface area contributed by atoms with E-state index in [9.17, 15) is 9.59 Å². The van der Waals surface area contributed by atoms with Crippen molar-refractivity contribution in [3.63, 3.8) is 0 Å². The number of amides is 2. The quantitative estimate of drug-likeness (QED) is 0.579. The van der Waals surface area contributed by atoms with E-state index in [0.717, 1.165) is 35.2 Å². The standard InChI is InChI=1S/C29H30N4O4/c1-18(34)33-13-7-8-19-14-21(11-12-25(19)33)29(27(35)32(2)28(30)31-29)22-15-20(16-23(17-22)36-3)24-9-5-6-10-26(24)37-4/h5-6,9-12,14-17H,7-8,13H2,1-4H3,(H2,30,31). The van der Waals surface area contributed by atoms with Gasteiger partial charge in [-0.15, -0.1) is 0 Å². The van der Waals surface area contributed by atoms with Crippen molar-refractivity contribution in [1.29, 1.82) is 0 Å². The van der Waals surface area contributed by atoms with Crippen LogP contribution in [0.5, 0.6) is 11.5 Å². The maximum absolute atomic E-state index is 14.0. The molecule has 0 fully saturated rings. The van der Waals surface area contributed by atoms with Crippen LogP contribution in [0.1, 0.15) is 30.0 Å². The number of carbonyl (C=O) groups excluding carboxylic acids is 2. The van der Waals surface area contributed by atoms with Gasteiger partial charge in [0.2, 0.25) is 5.91 Å². The number of carbonyl (C=O) groups is 2. The van der Waals surface area contributed by atoms with Gasteiger partial charge in [0.15, 0.2) is 11.5 Å². The Labute approximate surface area is 216 Å². The van der Waals surface area contributed by atoms with E-state index in [1.54, 1.807) is 33.1 Å². The second-order valence-corrected chi connectivity index (χ2v) is 9.31. The highest BCUT2D eigenvalue weighted by molar-refractivity contribution is 6.09. The number of aryl methyl sites for hydroxylation is 1. The number of likely N-dealkylation sites (N-methyl/N-ethyl adjacent to an activating group) is 1. The van der Waals surface area contributed by atoms with Gasteiger partial charge in [0.05, 0.1) is 14.2 Å². The Morgan fingerprint density at radius 1 is 1.03 bits per heavy atom. The lowest BCUT2D eigenvalue weighted by Crippen LogP contribution is -2.41. The zero-order valence-corrected chi connectivity index (χ0v) is 21.4. The third-order valence-corrected chi connectivity index (χ3v) is 7.21. The molecule has 3 aromatic carbocycles. The van der Waals surface area contributed by atoms with Gasteiger partial charge in [0.1, 0.15) is 11.5 Å². The SMILES string of the molecule is COc1cc(-c2ccccc2OC)cc(C2(c3ccc4c(c3)CCCN4C(C)=O)N=C(N)N(C)C2=O)c1. The van der Waals surface area contributed by atoms with Crippen LogP contribution < -0.4 is 20.1 Å². The van der Waals surface area contributed by atoms with Crippen LogP contribution in [0.25, 0.3) is 11.1 Å². The lowest BCUT2D eigenvalue weighted by molar-refractivity contribution is -0.129. The number of anilines is 1. The maximum atomic E-state index is 14.0. The summed E-state index contributed by atoms with van der Waals surface area (Å²) in [6.07, 6.45) is 1.65. The summed E-state index contributed by atoms with van der Waals surface area (Å²) in [4.78, 5) is 34.1. The molecule has 190 valence electrons. The molecular formula is C29H30N4O4. The number of hydrogen-bond acceptors (Lipinski definition) is 6. The van der Waals surface area contributed by atoms with Crippen molar-refractivity contribution in [2.24, 2.45) is 10.7 Å². The Morgan fingerprint density at radius 2 is 1.81 bits per heavy atom. The molecule has 2 aliphatic rings. The third kappa shape index (κ3) is 3.89. The average molecular weight is 499 g/mol. The minimum Gasteiger partial charge on any atom is -0.497 e. The topological polar surface area (TPSA) is 97.5 Å². The van der Waals surface area contributed by atoms with Crippen molar-refractivity contribution in [2.75, 3.05) is 32.7 Å². The van der Waals surface area contributed by atoms with Crippen LogP contribution in [0.2, 0.25) is 0 Å². The van der Waals surface area contributed by atoms with Crippen molar-refractivity contribution in [3.05, 3.63) is 77.4 Å². The summed E-state index contributed by atoms with van der Waals surface area (Å²) in [6.45, 7) is 2.25. The fourth-order valence-corrected chi connectivity index (χ4v) is 5.30. The summed E-state index contributed by atoms with van der Waals surface area (Å²) in [5.74, 6) is 1.15. The number of benzene rings is 3. The maximum Gasteiger partial charge on any atom is 0.266 e. The molecule has 2 N–H and O–H groups in total. The van der Waals surface area contributed by atoms with Crippen molar-refractivity contribution in [2.45, 2.75) is 25.3 Å². The van der Waals surface area contributed by atoms with E-state index in [1.807, 2.05) is 60.7 Å². The molecule has 0 aromatic heterocycles. The molecule has 5 rings (SSSR count). The molecule has 2 amide bonds. The number of hydrogen-bond donors (Lipinski definition) is 1. The van der Waals surface area contributed by atoms with Crippen LogP contribution in [0, 0.1) is 0 Å². The average Bonchev–Trinajstić information content (AvgIpc) is 3.16. The van der Waals surface area contributed by atoms with Gasteiger partial charge in [0, 0.05) is 31.8 Å². The summed E-state index contributed by atoms with van der Waals surface area (Å²) >= 11 is 0. The van der Waals surface area contributed by atoms with Gasteiger partial charge >= 0.3 is 0 Å². The van der Waals surface area contributed by atoms with Crippen LogP contribution in [-0.4, -0.2) is 50.5 Å². The fraction of sp³-hybridized carbons (Fsp3) is 0.276. The number of ether oxygens (including phenoxy) is 2. The van der Waals surface area contributed by atoms with E-state index < -0.39 is 5.54 Å². The highest BCUT2D eigenvalue weighted by Crippen LogP contribution is 2.44. The number of fused-ring (bicyclic) bond motifs is 1. The Morgan fingerprint density at radius 3 is 2.49 bits per heavy atom. The number of rotatable bonds is 5. The molecule has 37 heavy (non-hydrogen) atoms. The van der Waals surface area contributed by atoms with Crippen LogP contribution >= 0.6 is 0 Å². The second-order valence-electron chi connectivity index (χ2n) is 9.31. The van der Waals surface area contributed by atoms with E-state index in [4.69, 9.17) is 20.2 Å². The van der Waals surface area contributed by atoms with Gasteiger partial charge in [0.25, 0.3) is 5.91 Å². The van der Waals surface area contributed by atoms with Gasteiger partial charge in [-0.2, -0.15) is 0 Å². The lowest BCUT2D eigenvalue weighted by Gasteiger charge is -2.32. The zero-order valence-electron chi connectivity index (χ0n) is 21.4. The van der Waals surface area contributed by atoms with E-state index in [-0.39, 0.29) is 17.8 Å². The molecule has 0 aliphatic carbocycles. The van der Waals surface area contributed by atoms with Crippen LogP contribution in [-0.2, 0) is 21.5 Å². The molecule has 2 heterocycles. The van der Waals surface area contributed by atoms with Crippen LogP contribution in [0.15, 0.2) is 65.7 Å². The smallest absolute Gasteiger partial charge is 0.266 e. The third-order valence-electron chi connectivity index (χ3n) is 7.21. The van der Waals surface area contributed by atoms with Crippen molar-refractivity contribution in [3.8, 4) is 22.6 Å². The molecule has 0 saturated heterocycles. The van der Waals surface area contributed by atoms with E-state index in [2.05, 4.69) is 0 Å². The van der Waals surface area contributed by atoms with Crippen LogP contribution in [0.3, 0.4) is 0 Å². The minimum atomic E-state index is -1.41. The molecule has 8 heteroatoms. The monoisotopic (exact) mass is 498 g/mol. The minimum absolute atomic E-state index is 0.00315. The fourth-order valence-electron chi connectivity index (χ4n) is 5.30. The number of para-hydroxylation sites is 1. The van der Waals surface area contributed by atoms with Gasteiger partial charge in [-0.1, -0.05) is 30.3 Å². The number of methoxy groups -OCH3 is 2. The van der Waals surface area contributed by atoms with E-state index in [0.29, 0.717) is 29.2 Å². The van der Waals surface area contributed by atoms with Gasteiger partial charge in [-0.25, -0.2) is 4.99 Å². The molecule has 3 aromatic rings. The Balaban J connectivity index is 1.75. The molecule has 0 bridgehead atoms. The van der Waals surface area contributed by atoms with E-state index >= 15 is 0 Å². The van der Waals surface area contributed by atoms with E-state index in [1.165, 1.54) is 4.90 Å². The van der Waals surface area contributed by atoms with Crippen molar-refractivity contribution in [1.82, 2.24) is 4.90 Å². The zero-order chi connectivity index (χ0) is 26.3. The molecule has 0 radical (unpaired) electrons. The van der Waals surface area contributed by atoms with Crippen molar-refractivity contribution < 1.29 is 19.1 Å². The second kappa shape index (κ2) is 9.28. The molecule has 1 unspecified atom stereocenters.